The Morgan fingerprint density at radius 3 is 2.67 bits per heavy atom. The monoisotopic (exact) mass is 681 g/mol. The van der Waals surface area contributed by atoms with Crippen LogP contribution in [0.1, 0.15) is 49.6 Å². The Morgan fingerprint density at radius 2 is 2.00 bits per heavy atom. The molecule has 46 heavy (non-hydrogen) atoms. The lowest BCUT2D eigenvalue weighted by Crippen LogP contribution is -2.40. The standard InChI is InChI=1S/C31H28ClN5O7S2/c1-5-7-21-26(29(40)44-6-2)27(20-15-18(32)8-10-22(20)43-4)36-28(39)24(46-31(36)34-21)14-17-13-19(37(41)42)9-11-23(17)45-30-33-16(3)12-25(38)35-30/h8-15,27H,5-7H2,1-4H3,(H,33,35,38)/b24-14-/t27-/m1/s1. The van der Waals surface area contributed by atoms with Crippen molar-refractivity contribution in [2.75, 3.05) is 13.7 Å². The molecule has 12 nitrogen and oxygen atoms in total. The first kappa shape index (κ1) is 32.9. The number of esters is 1. The van der Waals surface area contributed by atoms with E-state index in [0.717, 1.165) is 23.1 Å². The molecule has 15 heteroatoms. The molecule has 238 valence electrons. The van der Waals surface area contributed by atoms with Gasteiger partial charge in [0.05, 0.1) is 34.4 Å². The molecule has 0 radical (unpaired) electrons. The molecule has 0 spiro atoms. The number of benzene rings is 2. The second-order valence-electron chi connectivity index (χ2n) is 10.1. The van der Waals surface area contributed by atoms with Gasteiger partial charge in [-0.3, -0.25) is 24.3 Å². The molecule has 0 amide bonds. The summed E-state index contributed by atoms with van der Waals surface area (Å²) in [6.07, 6.45) is 2.64. The van der Waals surface area contributed by atoms with E-state index in [1.54, 1.807) is 32.0 Å². The van der Waals surface area contributed by atoms with E-state index < -0.39 is 22.5 Å². The smallest absolute Gasteiger partial charge is 0.338 e. The number of non-ortho nitro benzene ring substituents is 1. The maximum atomic E-state index is 14.3. The number of nitro benzene ring substituents is 1. The molecule has 4 aromatic rings. The summed E-state index contributed by atoms with van der Waals surface area (Å²) in [6.45, 7) is 5.44. The SMILES string of the molecule is CCCC1=C(C(=O)OCC)[C@@H](c2cc(Cl)ccc2OC)n2c(s/c(=C\c3cc([N+](=O)[O-])ccc3Sc3nc(C)cc(=O)[nH]3)c2=O)=N1. The zero-order valence-electron chi connectivity index (χ0n) is 25.2. The van der Waals surface area contributed by atoms with Crippen LogP contribution >= 0.6 is 34.7 Å². The summed E-state index contributed by atoms with van der Waals surface area (Å²) >= 11 is 8.59. The van der Waals surface area contributed by atoms with E-state index in [4.69, 9.17) is 26.1 Å². The second-order valence-corrected chi connectivity index (χ2v) is 12.5. The first-order chi connectivity index (χ1) is 22.0. The highest BCUT2D eigenvalue weighted by Crippen LogP contribution is 2.38. The van der Waals surface area contributed by atoms with Crippen LogP contribution in [-0.2, 0) is 9.53 Å². The number of nitrogens with one attached hydrogen (secondary N) is 1. The van der Waals surface area contributed by atoms with Gasteiger partial charge in [-0.1, -0.05) is 48.0 Å². The molecular formula is C31H28ClN5O7S2. The Hall–Kier alpha value is -4.53. The lowest BCUT2D eigenvalue weighted by molar-refractivity contribution is -0.384. The van der Waals surface area contributed by atoms with Crippen molar-refractivity contribution in [3.63, 3.8) is 0 Å². The van der Waals surface area contributed by atoms with E-state index >= 15 is 0 Å². The van der Waals surface area contributed by atoms with E-state index in [2.05, 4.69) is 9.97 Å². The number of H-pyrrole nitrogens is 1. The number of nitro groups is 1. The molecule has 2 aromatic carbocycles. The number of aromatic nitrogens is 3. The van der Waals surface area contributed by atoms with Crippen LogP contribution in [0, 0.1) is 17.0 Å². The van der Waals surface area contributed by atoms with Gasteiger partial charge in [-0.25, -0.2) is 14.8 Å². The van der Waals surface area contributed by atoms with Gasteiger partial charge in [0.25, 0.3) is 16.8 Å². The Kier molecular flexibility index (Phi) is 9.89. The number of halogens is 1. The van der Waals surface area contributed by atoms with Gasteiger partial charge in [0.1, 0.15) is 11.8 Å². The molecule has 3 heterocycles. The van der Waals surface area contributed by atoms with Crippen molar-refractivity contribution in [1.82, 2.24) is 14.5 Å². The van der Waals surface area contributed by atoms with Crippen LogP contribution in [0.15, 0.2) is 78.4 Å². The van der Waals surface area contributed by atoms with Gasteiger partial charge in [0, 0.05) is 39.4 Å². The summed E-state index contributed by atoms with van der Waals surface area (Å²) in [5.74, 6) is -0.214. The highest BCUT2D eigenvalue weighted by Gasteiger charge is 2.36. The number of nitrogens with zero attached hydrogens (tertiary/aromatic N) is 4. The van der Waals surface area contributed by atoms with E-state index in [-0.39, 0.29) is 33.1 Å². The van der Waals surface area contributed by atoms with E-state index in [9.17, 15) is 24.5 Å². The van der Waals surface area contributed by atoms with Gasteiger partial charge >= 0.3 is 5.97 Å². The van der Waals surface area contributed by atoms with Crippen molar-refractivity contribution >= 4 is 52.4 Å². The Morgan fingerprint density at radius 1 is 1.22 bits per heavy atom. The van der Waals surface area contributed by atoms with Crippen molar-refractivity contribution in [3.8, 4) is 5.75 Å². The molecule has 0 saturated heterocycles. The molecule has 1 aliphatic rings. The first-order valence-corrected chi connectivity index (χ1v) is 16.1. The molecule has 5 rings (SSSR count). The van der Waals surface area contributed by atoms with Gasteiger partial charge < -0.3 is 14.5 Å². The van der Waals surface area contributed by atoms with Crippen LogP contribution in [0.25, 0.3) is 6.08 Å². The number of methoxy groups -OCH3 is 1. The number of carbonyl (C=O) groups excluding carboxylic acids is 1. The minimum Gasteiger partial charge on any atom is -0.496 e. The fraction of sp³-hybridized carbons (Fsp3) is 0.258. The van der Waals surface area contributed by atoms with Crippen LogP contribution in [0.2, 0.25) is 5.02 Å². The normalized spacial score (nSPS) is 14.5. The number of aryl methyl sites for hydroxylation is 1. The van der Waals surface area contributed by atoms with Crippen LogP contribution in [0.5, 0.6) is 5.75 Å². The topological polar surface area (TPSA) is 159 Å². The predicted molar refractivity (Wildman–Crippen MR) is 174 cm³/mol. The summed E-state index contributed by atoms with van der Waals surface area (Å²) in [6, 6.07) is 9.53. The number of carbonyl (C=O) groups is 1. The first-order valence-electron chi connectivity index (χ1n) is 14.1. The van der Waals surface area contributed by atoms with E-state index in [1.807, 2.05) is 6.92 Å². The van der Waals surface area contributed by atoms with Crippen LogP contribution in [0.3, 0.4) is 0 Å². The Labute approximate surface area is 275 Å². The van der Waals surface area contributed by atoms with Gasteiger partial charge in [0.2, 0.25) is 0 Å². The number of ether oxygens (including phenoxy) is 2. The highest BCUT2D eigenvalue weighted by molar-refractivity contribution is 7.99. The Balaban J connectivity index is 1.78. The van der Waals surface area contributed by atoms with E-state index in [0.29, 0.717) is 55.8 Å². The molecule has 1 atom stereocenters. The average Bonchev–Trinajstić information content (AvgIpc) is 3.31. The van der Waals surface area contributed by atoms with Crippen molar-refractivity contribution in [1.29, 1.82) is 0 Å². The third kappa shape index (κ3) is 6.69. The highest BCUT2D eigenvalue weighted by atomic mass is 35.5. The number of allylic oxidation sites excluding steroid dienone is 1. The summed E-state index contributed by atoms with van der Waals surface area (Å²) in [4.78, 5) is 63.6. The van der Waals surface area contributed by atoms with Crippen LogP contribution < -0.4 is 25.2 Å². The largest absolute Gasteiger partial charge is 0.496 e. The average molecular weight is 682 g/mol. The summed E-state index contributed by atoms with van der Waals surface area (Å²) in [5.41, 5.74) is 0.969. The lowest BCUT2D eigenvalue weighted by Gasteiger charge is -2.27. The predicted octanol–water partition coefficient (Wildman–Crippen LogP) is 4.69. The molecule has 1 aliphatic heterocycles. The molecule has 0 fully saturated rings. The summed E-state index contributed by atoms with van der Waals surface area (Å²) < 4.78 is 12.7. The van der Waals surface area contributed by atoms with Crippen molar-refractivity contribution in [2.24, 2.45) is 4.99 Å². The number of aromatic amines is 1. The number of fused-ring (bicyclic) bond motifs is 1. The maximum Gasteiger partial charge on any atom is 0.338 e. The third-order valence-corrected chi connectivity index (χ3v) is 9.12. The molecular weight excluding hydrogens is 654 g/mol. The van der Waals surface area contributed by atoms with Crippen LogP contribution in [0.4, 0.5) is 5.69 Å². The van der Waals surface area contributed by atoms with Gasteiger partial charge in [-0.05, 0) is 56.2 Å². The Bertz CT molecular complexity index is 2140. The van der Waals surface area contributed by atoms with Gasteiger partial charge in [-0.15, -0.1) is 0 Å². The zero-order chi connectivity index (χ0) is 33.1. The molecule has 0 saturated carbocycles. The second kappa shape index (κ2) is 13.8. The number of hydrogen-bond acceptors (Lipinski definition) is 11. The molecule has 0 bridgehead atoms. The van der Waals surface area contributed by atoms with Crippen LogP contribution in [-0.4, -0.2) is 39.1 Å². The molecule has 0 unspecified atom stereocenters. The fourth-order valence-corrected chi connectivity index (χ4v) is 7.15. The molecule has 1 N–H and O–H groups in total. The van der Waals surface area contributed by atoms with Gasteiger partial charge in [-0.2, -0.15) is 0 Å². The summed E-state index contributed by atoms with van der Waals surface area (Å²) in [5, 5.41) is 12.4. The van der Waals surface area contributed by atoms with Crippen molar-refractivity contribution < 1.29 is 19.2 Å². The molecule has 0 aliphatic carbocycles. The van der Waals surface area contributed by atoms with Gasteiger partial charge in [0.15, 0.2) is 9.96 Å². The quantitative estimate of drug-likeness (QED) is 0.108. The maximum absolute atomic E-state index is 14.3. The molecule has 2 aromatic heterocycles. The minimum absolute atomic E-state index is 0.111. The number of thiazole rings is 1. The zero-order valence-corrected chi connectivity index (χ0v) is 27.5. The van der Waals surface area contributed by atoms with Crippen molar-refractivity contribution in [2.45, 2.75) is 49.7 Å². The fourth-order valence-electron chi connectivity index (χ4n) is 5.03. The van der Waals surface area contributed by atoms with Crippen molar-refractivity contribution in [3.05, 3.63) is 116 Å². The minimum atomic E-state index is -0.979. The third-order valence-electron chi connectivity index (χ3n) is 6.92. The van der Waals surface area contributed by atoms with E-state index in [1.165, 1.54) is 42.0 Å². The lowest BCUT2D eigenvalue weighted by atomic mass is 9.93. The summed E-state index contributed by atoms with van der Waals surface area (Å²) in [7, 11) is 1.48. The number of hydrogen-bond donors (Lipinski definition) is 1. The number of rotatable bonds is 10.